The van der Waals surface area contributed by atoms with Crippen LogP contribution in [0.4, 0.5) is 0 Å². The zero-order chi connectivity index (χ0) is 14.5. The van der Waals surface area contributed by atoms with Crippen LogP contribution in [0.2, 0.25) is 0 Å². The van der Waals surface area contributed by atoms with Crippen LogP contribution in [0, 0.1) is 5.92 Å². The molecular formula is C17H26N2O. The second-order valence-corrected chi connectivity index (χ2v) is 5.74. The number of hydrogen-bond donors (Lipinski definition) is 1. The monoisotopic (exact) mass is 274 g/mol. The van der Waals surface area contributed by atoms with Crippen LogP contribution in [0.25, 0.3) is 0 Å². The molecule has 1 aromatic carbocycles. The Kier molecular flexibility index (Phi) is 5.18. The van der Waals surface area contributed by atoms with Crippen molar-refractivity contribution in [3.63, 3.8) is 0 Å². The number of nitrogens with two attached hydrogens (primary N) is 1. The van der Waals surface area contributed by atoms with Crippen LogP contribution in [-0.2, 0) is 6.42 Å². The Morgan fingerprint density at radius 3 is 2.55 bits per heavy atom. The second-order valence-electron chi connectivity index (χ2n) is 5.74. The minimum Gasteiger partial charge on any atom is -0.334 e. The molecule has 1 aromatic rings. The van der Waals surface area contributed by atoms with Crippen LogP contribution in [0.5, 0.6) is 0 Å². The second kappa shape index (κ2) is 6.89. The highest BCUT2D eigenvalue weighted by Gasteiger charge is 2.30. The molecule has 1 amide bonds. The maximum absolute atomic E-state index is 12.6. The zero-order valence-electron chi connectivity index (χ0n) is 12.6. The van der Waals surface area contributed by atoms with E-state index in [1.807, 2.05) is 29.2 Å². The van der Waals surface area contributed by atoms with Crippen molar-refractivity contribution in [1.82, 2.24) is 4.90 Å². The SMILES string of the molecule is CCc1ccc(C(=O)N2CCC(CC)CC2CN)cc1. The van der Waals surface area contributed by atoms with Gasteiger partial charge in [0.2, 0.25) is 0 Å². The van der Waals surface area contributed by atoms with Crippen LogP contribution in [0.15, 0.2) is 24.3 Å². The summed E-state index contributed by atoms with van der Waals surface area (Å²) in [5, 5.41) is 0. The van der Waals surface area contributed by atoms with E-state index in [4.69, 9.17) is 5.73 Å². The molecule has 2 unspecified atom stereocenters. The smallest absolute Gasteiger partial charge is 0.254 e. The maximum atomic E-state index is 12.6. The molecule has 3 heteroatoms. The highest BCUT2D eigenvalue weighted by Crippen LogP contribution is 2.26. The van der Waals surface area contributed by atoms with E-state index < -0.39 is 0 Å². The standard InChI is InChI=1S/C17H26N2O/c1-3-13-5-7-15(8-6-13)17(20)19-10-9-14(4-2)11-16(19)12-18/h5-8,14,16H,3-4,9-12,18H2,1-2H3. The van der Waals surface area contributed by atoms with Crippen LogP contribution in [0.1, 0.15) is 49.0 Å². The molecule has 0 radical (unpaired) electrons. The van der Waals surface area contributed by atoms with E-state index in [-0.39, 0.29) is 11.9 Å². The number of hydrogen-bond acceptors (Lipinski definition) is 2. The lowest BCUT2D eigenvalue weighted by Gasteiger charge is -2.39. The number of likely N-dealkylation sites (tertiary alicyclic amines) is 1. The van der Waals surface area contributed by atoms with E-state index >= 15 is 0 Å². The molecule has 1 aliphatic rings. The van der Waals surface area contributed by atoms with Gasteiger partial charge < -0.3 is 10.6 Å². The molecule has 0 aromatic heterocycles. The van der Waals surface area contributed by atoms with Gasteiger partial charge in [-0.3, -0.25) is 4.79 Å². The first-order valence-electron chi connectivity index (χ1n) is 7.79. The van der Waals surface area contributed by atoms with E-state index in [0.717, 1.165) is 37.3 Å². The first-order valence-corrected chi connectivity index (χ1v) is 7.79. The average Bonchev–Trinajstić information content (AvgIpc) is 2.53. The van der Waals surface area contributed by atoms with Gasteiger partial charge in [-0.1, -0.05) is 32.4 Å². The summed E-state index contributed by atoms with van der Waals surface area (Å²) in [5.41, 5.74) is 7.93. The largest absolute Gasteiger partial charge is 0.334 e. The maximum Gasteiger partial charge on any atom is 0.254 e. The van der Waals surface area contributed by atoms with Crippen LogP contribution in [0.3, 0.4) is 0 Å². The van der Waals surface area contributed by atoms with E-state index in [0.29, 0.717) is 6.54 Å². The van der Waals surface area contributed by atoms with Crippen molar-refractivity contribution in [2.75, 3.05) is 13.1 Å². The normalized spacial score (nSPS) is 22.9. The van der Waals surface area contributed by atoms with Gasteiger partial charge >= 0.3 is 0 Å². The Bertz CT molecular complexity index is 441. The summed E-state index contributed by atoms with van der Waals surface area (Å²) >= 11 is 0. The summed E-state index contributed by atoms with van der Waals surface area (Å²) < 4.78 is 0. The number of benzene rings is 1. The number of carbonyl (C=O) groups excluding carboxylic acids is 1. The molecule has 0 saturated carbocycles. The molecule has 0 spiro atoms. The van der Waals surface area contributed by atoms with Gasteiger partial charge in [0.15, 0.2) is 0 Å². The molecule has 20 heavy (non-hydrogen) atoms. The third-order valence-corrected chi connectivity index (χ3v) is 4.54. The molecule has 0 aliphatic carbocycles. The first-order chi connectivity index (χ1) is 9.69. The Labute approximate surface area is 122 Å². The van der Waals surface area contributed by atoms with Gasteiger partial charge in [-0.2, -0.15) is 0 Å². The van der Waals surface area contributed by atoms with Crippen molar-refractivity contribution in [1.29, 1.82) is 0 Å². The van der Waals surface area contributed by atoms with Crippen molar-refractivity contribution in [3.05, 3.63) is 35.4 Å². The molecule has 2 rings (SSSR count). The fraction of sp³-hybridized carbons (Fsp3) is 0.588. The molecule has 0 bridgehead atoms. The molecule has 110 valence electrons. The predicted molar refractivity (Wildman–Crippen MR) is 82.7 cm³/mol. The van der Waals surface area contributed by atoms with E-state index in [2.05, 4.69) is 13.8 Å². The van der Waals surface area contributed by atoms with Gasteiger partial charge in [0.25, 0.3) is 5.91 Å². The predicted octanol–water partition coefficient (Wildman–Crippen LogP) is 2.84. The quantitative estimate of drug-likeness (QED) is 0.917. The average molecular weight is 274 g/mol. The molecule has 1 heterocycles. The molecule has 2 atom stereocenters. The number of carbonyl (C=O) groups is 1. The minimum absolute atomic E-state index is 0.137. The number of piperidine rings is 1. The summed E-state index contributed by atoms with van der Waals surface area (Å²) in [6, 6.07) is 8.18. The lowest BCUT2D eigenvalue weighted by Crippen LogP contribution is -2.49. The van der Waals surface area contributed by atoms with Crippen LogP contribution in [-0.4, -0.2) is 29.9 Å². The summed E-state index contributed by atoms with van der Waals surface area (Å²) in [5.74, 6) is 0.854. The Morgan fingerprint density at radius 1 is 1.30 bits per heavy atom. The molecular weight excluding hydrogens is 248 g/mol. The van der Waals surface area contributed by atoms with Crippen molar-refractivity contribution in [2.45, 2.75) is 45.6 Å². The third-order valence-electron chi connectivity index (χ3n) is 4.54. The van der Waals surface area contributed by atoms with Gasteiger partial charge in [0.05, 0.1) is 0 Å². The zero-order valence-corrected chi connectivity index (χ0v) is 12.6. The Hall–Kier alpha value is -1.35. The van der Waals surface area contributed by atoms with Gasteiger partial charge in [-0.05, 0) is 42.9 Å². The summed E-state index contributed by atoms with van der Waals surface area (Å²) in [6.07, 6.45) is 4.34. The highest BCUT2D eigenvalue weighted by atomic mass is 16.2. The van der Waals surface area contributed by atoms with E-state index in [1.165, 1.54) is 12.0 Å². The lowest BCUT2D eigenvalue weighted by molar-refractivity contribution is 0.0558. The molecule has 1 fully saturated rings. The van der Waals surface area contributed by atoms with E-state index in [1.54, 1.807) is 0 Å². The summed E-state index contributed by atoms with van der Waals surface area (Å²) in [7, 11) is 0. The van der Waals surface area contributed by atoms with Gasteiger partial charge in [0.1, 0.15) is 0 Å². The third kappa shape index (κ3) is 3.21. The lowest BCUT2D eigenvalue weighted by atomic mass is 9.88. The van der Waals surface area contributed by atoms with E-state index in [9.17, 15) is 4.79 Å². The molecule has 1 aliphatic heterocycles. The Morgan fingerprint density at radius 2 is 2.00 bits per heavy atom. The summed E-state index contributed by atoms with van der Waals surface area (Å²) in [4.78, 5) is 14.6. The van der Waals surface area contributed by atoms with Crippen molar-refractivity contribution in [3.8, 4) is 0 Å². The fourth-order valence-corrected chi connectivity index (χ4v) is 3.04. The summed E-state index contributed by atoms with van der Waals surface area (Å²) in [6.45, 7) is 5.75. The number of rotatable bonds is 4. The van der Waals surface area contributed by atoms with Crippen molar-refractivity contribution in [2.24, 2.45) is 11.7 Å². The van der Waals surface area contributed by atoms with Gasteiger partial charge in [0, 0.05) is 24.7 Å². The van der Waals surface area contributed by atoms with Crippen LogP contribution >= 0.6 is 0 Å². The minimum atomic E-state index is 0.137. The topological polar surface area (TPSA) is 46.3 Å². The number of nitrogens with zero attached hydrogens (tertiary/aromatic N) is 1. The Balaban J connectivity index is 2.10. The number of aryl methyl sites for hydroxylation is 1. The molecule has 3 nitrogen and oxygen atoms in total. The van der Waals surface area contributed by atoms with Gasteiger partial charge in [-0.15, -0.1) is 0 Å². The van der Waals surface area contributed by atoms with Crippen LogP contribution < -0.4 is 5.73 Å². The van der Waals surface area contributed by atoms with Gasteiger partial charge in [-0.25, -0.2) is 0 Å². The van der Waals surface area contributed by atoms with Crippen molar-refractivity contribution < 1.29 is 4.79 Å². The fourth-order valence-electron chi connectivity index (χ4n) is 3.04. The molecule has 1 saturated heterocycles. The number of amides is 1. The van der Waals surface area contributed by atoms with Crippen molar-refractivity contribution >= 4 is 5.91 Å². The molecule has 2 N–H and O–H groups in total. The first kappa shape index (κ1) is 15.0. The highest BCUT2D eigenvalue weighted by molar-refractivity contribution is 5.94.